The van der Waals surface area contributed by atoms with Gasteiger partial charge in [-0.15, -0.1) is 23.1 Å². The van der Waals surface area contributed by atoms with Gasteiger partial charge >= 0.3 is 0 Å². The van der Waals surface area contributed by atoms with Gasteiger partial charge in [-0.05, 0) is 48.7 Å². The van der Waals surface area contributed by atoms with E-state index < -0.39 is 0 Å². The summed E-state index contributed by atoms with van der Waals surface area (Å²) in [5, 5.41) is 9.84. The quantitative estimate of drug-likeness (QED) is 0.465. The number of benzene rings is 1. The lowest BCUT2D eigenvalue weighted by Gasteiger charge is -2.28. The molecule has 1 N–H and O–H groups in total. The second kappa shape index (κ2) is 8.55. The predicted octanol–water partition coefficient (Wildman–Crippen LogP) is 4.63. The minimum Gasteiger partial charge on any atom is -0.393 e. The molecule has 1 aromatic carbocycles. The topological polar surface area (TPSA) is 58.5 Å². The molecular weight excluding hydrogens is 414 g/mol. The van der Waals surface area contributed by atoms with Gasteiger partial charge in [0.1, 0.15) is 0 Å². The molecule has 0 amide bonds. The zero-order valence-electron chi connectivity index (χ0n) is 15.8. The maximum absolute atomic E-state index is 9.56. The fourth-order valence-corrected chi connectivity index (χ4v) is 5.50. The van der Waals surface area contributed by atoms with E-state index in [1.807, 2.05) is 6.92 Å². The second-order valence-corrected chi connectivity index (χ2v) is 9.29. The number of hydrogen-bond donors (Lipinski definition) is 1. The number of ether oxygens (including phenoxy) is 1. The molecule has 0 aliphatic carbocycles. The van der Waals surface area contributed by atoms with Crippen LogP contribution in [0.25, 0.3) is 20.7 Å². The molecule has 5 nitrogen and oxygen atoms in total. The summed E-state index contributed by atoms with van der Waals surface area (Å²) in [6, 6.07) is 8.43. The Balaban J connectivity index is 1.76. The highest BCUT2D eigenvalue weighted by Crippen LogP contribution is 2.42. The molecule has 148 valence electrons. The zero-order valence-corrected chi connectivity index (χ0v) is 18.2. The molecule has 0 radical (unpaired) electrons. The van der Waals surface area contributed by atoms with E-state index in [4.69, 9.17) is 16.3 Å². The molecule has 3 heterocycles. The van der Waals surface area contributed by atoms with Crippen LogP contribution in [0.4, 0.5) is 5.82 Å². The number of thiophene rings is 1. The number of hydrogen-bond acceptors (Lipinski definition) is 7. The first-order valence-corrected chi connectivity index (χ1v) is 11.4. The van der Waals surface area contributed by atoms with Gasteiger partial charge in [0.25, 0.3) is 0 Å². The fourth-order valence-electron chi connectivity index (χ4n) is 3.26. The third kappa shape index (κ3) is 4.14. The summed E-state index contributed by atoms with van der Waals surface area (Å²) >= 11 is 9.64. The molecular formula is C20H22ClN3O2S2. The van der Waals surface area contributed by atoms with Crippen LogP contribution >= 0.6 is 34.7 Å². The van der Waals surface area contributed by atoms with Crippen LogP contribution in [0.3, 0.4) is 0 Å². The third-order valence-electron chi connectivity index (χ3n) is 4.62. The highest BCUT2D eigenvalue weighted by molar-refractivity contribution is 7.99. The van der Waals surface area contributed by atoms with Crippen LogP contribution in [0.1, 0.15) is 12.5 Å². The standard InChI is InChI=1S/C20H22ClN3O2S2/c1-12(25)11-27-15-5-3-4-14(10-15)17-13(2)16-18(28-17)19(23-20(21)22-16)24-6-8-26-9-7-24/h3-5,10,12,25H,6-9,11H2,1-2H3. The van der Waals surface area contributed by atoms with Gasteiger partial charge in [-0.2, -0.15) is 4.98 Å². The van der Waals surface area contributed by atoms with Crippen LogP contribution < -0.4 is 4.90 Å². The number of halogens is 1. The number of anilines is 1. The Morgan fingerprint density at radius 3 is 2.86 bits per heavy atom. The number of aryl methyl sites for hydroxylation is 1. The van der Waals surface area contributed by atoms with Crippen LogP contribution in [0, 0.1) is 6.92 Å². The van der Waals surface area contributed by atoms with Crippen molar-refractivity contribution in [2.45, 2.75) is 24.8 Å². The summed E-state index contributed by atoms with van der Waals surface area (Å²) in [7, 11) is 0. The van der Waals surface area contributed by atoms with E-state index in [0.29, 0.717) is 19.0 Å². The van der Waals surface area contributed by atoms with Gasteiger partial charge in [0.05, 0.1) is 29.5 Å². The van der Waals surface area contributed by atoms with Crippen molar-refractivity contribution in [1.29, 1.82) is 0 Å². The van der Waals surface area contributed by atoms with Gasteiger partial charge in [0, 0.05) is 28.6 Å². The summed E-state index contributed by atoms with van der Waals surface area (Å²) in [5.74, 6) is 1.58. The monoisotopic (exact) mass is 435 g/mol. The number of fused-ring (bicyclic) bond motifs is 1. The van der Waals surface area contributed by atoms with Crippen molar-refractivity contribution in [2.24, 2.45) is 0 Å². The van der Waals surface area contributed by atoms with Gasteiger partial charge in [-0.1, -0.05) is 12.1 Å². The Bertz CT molecular complexity index is 987. The minimum absolute atomic E-state index is 0.280. The van der Waals surface area contributed by atoms with E-state index in [1.54, 1.807) is 23.1 Å². The first-order chi connectivity index (χ1) is 13.5. The second-order valence-electron chi connectivity index (χ2n) is 6.84. The Labute approximate surface area is 177 Å². The number of aliphatic hydroxyl groups is 1. The Morgan fingerprint density at radius 1 is 1.32 bits per heavy atom. The lowest BCUT2D eigenvalue weighted by Crippen LogP contribution is -2.36. The SMILES string of the molecule is Cc1c(-c2cccc(SCC(C)O)c2)sc2c(N3CCOCC3)nc(Cl)nc12. The van der Waals surface area contributed by atoms with Crippen molar-refractivity contribution in [2.75, 3.05) is 37.0 Å². The lowest BCUT2D eigenvalue weighted by atomic mass is 10.1. The molecule has 8 heteroatoms. The van der Waals surface area contributed by atoms with Crippen LogP contribution in [0.15, 0.2) is 29.2 Å². The molecule has 1 atom stereocenters. The number of thioether (sulfide) groups is 1. The molecule has 0 spiro atoms. The van der Waals surface area contributed by atoms with E-state index in [2.05, 4.69) is 46.1 Å². The summed E-state index contributed by atoms with van der Waals surface area (Å²) in [5.41, 5.74) is 3.19. The highest BCUT2D eigenvalue weighted by atomic mass is 35.5. The molecule has 3 aromatic rings. The summed E-state index contributed by atoms with van der Waals surface area (Å²) in [6.07, 6.45) is -0.326. The summed E-state index contributed by atoms with van der Waals surface area (Å²) in [6.45, 7) is 6.91. The first-order valence-electron chi connectivity index (χ1n) is 9.23. The van der Waals surface area contributed by atoms with E-state index in [9.17, 15) is 5.11 Å². The summed E-state index contributed by atoms with van der Waals surface area (Å²) < 4.78 is 6.55. The molecule has 1 fully saturated rings. The normalized spacial score (nSPS) is 15.9. The Hall–Kier alpha value is -1.38. The van der Waals surface area contributed by atoms with Crippen molar-refractivity contribution in [3.63, 3.8) is 0 Å². The van der Waals surface area contributed by atoms with E-state index in [1.165, 1.54) is 4.88 Å². The number of morpholine rings is 1. The molecule has 2 aromatic heterocycles. The maximum Gasteiger partial charge on any atom is 0.224 e. The van der Waals surface area contributed by atoms with Crippen LogP contribution in [0.5, 0.6) is 0 Å². The largest absolute Gasteiger partial charge is 0.393 e. The van der Waals surface area contributed by atoms with E-state index in [-0.39, 0.29) is 11.4 Å². The van der Waals surface area contributed by atoms with Crippen molar-refractivity contribution >= 4 is 50.7 Å². The van der Waals surface area contributed by atoms with Gasteiger partial charge in [-0.3, -0.25) is 0 Å². The Morgan fingerprint density at radius 2 is 2.11 bits per heavy atom. The predicted molar refractivity (Wildman–Crippen MR) is 118 cm³/mol. The number of aromatic nitrogens is 2. The zero-order chi connectivity index (χ0) is 19.7. The van der Waals surface area contributed by atoms with Crippen molar-refractivity contribution in [1.82, 2.24) is 9.97 Å². The smallest absolute Gasteiger partial charge is 0.224 e. The number of rotatable bonds is 5. The van der Waals surface area contributed by atoms with Crippen molar-refractivity contribution < 1.29 is 9.84 Å². The molecule has 28 heavy (non-hydrogen) atoms. The molecule has 0 bridgehead atoms. The van der Waals surface area contributed by atoms with E-state index >= 15 is 0 Å². The van der Waals surface area contributed by atoms with Crippen LogP contribution in [0.2, 0.25) is 5.28 Å². The minimum atomic E-state index is -0.326. The molecule has 4 rings (SSSR count). The number of nitrogens with zero attached hydrogens (tertiary/aromatic N) is 3. The van der Waals surface area contributed by atoms with E-state index in [0.717, 1.165) is 45.1 Å². The average Bonchev–Trinajstić information content (AvgIpc) is 3.03. The number of aliphatic hydroxyl groups excluding tert-OH is 1. The van der Waals surface area contributed by atoms with Crippen LogP contribution in [-0.2, 0) is 4.74 Å². The Kier molecular flexibility index (Phi) is 6.08. The molecule has 1 unspecified atom stereocenters. The lowest BCUT2D eigenvalue weighted by molar-refractivity contribution is 0.122. The average molecular weight is 436 g/mol. The van der Waals surface area contributed by atoms with Gasteiger partial charge in [0.15, 0.2) is 5.82 Å². The molecule has 1 saturated heterocycles. The summed E-state index contributed by atoms with van der Waals surface area (Å²) in [4.78, 5) is 13.6. The molecule has 1 aliphatic rings. The van der Waals surface area contributed by atoms with Gasteiger partial charge < -0.3 is 14.7 Å². The van der Waals surface area contributed by atoms with Crippen molar-refractivity contribution in [3.05, 3.63) is 35.1 Å². The molecule has 1 aliphatic heterocycles. The third-order valence-corrected chi connectivity index (χ3v) is 7.35. The van der Waals surface area contributed by atoms with Gasteiger partial charge in [0.2, 0.25) is 5.28 Å². The van der Waals surface area contributed by atoms with Crippen molar-refractivity contribution in [3.8, 4) is 10.4 Å². The fraction of sp³-hybridized carbons (Fsp3) is 0.400. The molecule has 0 saturated carbocycles. The van der Waals surface area contributed by atoms with Gasteiger partial charge in [-0.25, -0.2) is 4.98 Å². The highest BCUT2D eigenvalue weighted by Gasteiger charge is 2.22. The maximum atomic E-state index is 9.56. The van der Waals surface area contributed by atoms with Crippen LogP contribution in [-0.4, -0.2) is 53.2 Å². The first kappa shape index (κ1) is 19.9.